The third-order valence-electron chi connectivity index (χ3n) is 7.30. The Morgan fingerprint density at radius 3 is 2.29 bits per heavy atom. The first kappa shape index (κ1) is 17.8. The Hall–Kier alpha value is -2.30. The van der Waals surface area contributed by atoms with Crippen molar-refractivity contribution >= 4 is 22.7 Å². The standard InChI is InChI=1S/C23H29N3O2/c27-21(6-8-26-7-5-19-3-1-2-4-20(19)26)24-25-22(28)15-23-12-16-9-17(13-23)11-18(10-16)14-23/h1-5,7,16-18H,6,8-15H2,(H,24,27)(H,25,28). The van der Waals surface area contributed by atoms with E-state index in [1.165, 1.54) is 43.9 Å². The zero-order valence-corrected chi connectivity index (χ0v) is 16.3. The van der Waals surface area contributed by atoms with Gasteiger partial charge in [0.1, 0.15) is 0 Å². The number of para-hydroxylation sites is 1. The summed E-state index contributed by atoms with van der Waals surface area (Å²) in [7, 11) is 0. The van der Waals surface area contributed by atoms with E-state index in [0.717, 1.165) is 23.3 Å². The molecule has 4 bridgehead atoms. The second kappa shape index (κ2) is 6.94. The van der Waals surface area contributed by atoms with E-state index in [0.29, 0.717) is 19.4 Å². The quantitative estimate of drug-likeness (QED) is 0.777. The summed E-state index contributed by atoms with van der Waals surface area (Å²) in [5.74, 6) is 2.35. The summed E-state index contributed by atoms with van der Waals surface area (Å²) in [6.07, 6.45) is 10.7. The molecule has 0 radical (unpaired) electrons. The van der Waals surface area contributed by atoms with Gasteiger partial charge in [-0.2, -0.15) is 0 Å². The molecule has 4 fully saturated rings. The monoisotopic (exact) mass is 379 g/mol. The maximum Gasteiger partial charge on any atom is 0.240 e. The Balaban J connectivity index is 1.10. The minimum atomic E-state index is -0.142. The molecule has 0 spiro atoms. The number of fused-ring (bicyclic) bond motifs is 1. The number of hydrogen-bond donors (Lipinski definition) is 2. The Kier molecular flexibility index (Phi) is 4.41. The fourth-order valence-corrected chi connectivity index (χ4v) is 6.65. The van der Waals surface area contributed by atoms with E-state index in [2.05, 4.69) is 33.6 Å². The highest BCUT2D eigenvalue weighted by molar-refractivity contribution is 5.83. The van der Waals surface area contributed by atoms with Crippen molar-refractivity contribution in [1.82, 2.24) is 15.4 Å². The SMILES string of the molecule is O=C(CCn1ccc2ccccc21)NNC(=O)CC12CC3CC(CC(C3)C1)C2. The van der Waals surface area contributed by atoms with Crippen LogP contribution < -0.4 is 10.9 Å². The molecule has 5 nitrogen and oxygen atoms in total. The Labute approximate surface area is 165 Å². The first-order chi connectivity index (χ1) is 13.6. The van der Waals surface area contributed by atoms with Gasteiger partial charge in [-0.1, -0.05) is 18.2 Å². The molecule has 2 N–H and O–H groups in total. The van der Waals surface area contributed by atoms with Gasteiger partial charge < -0.3 is 4.57 Å². The molecule has 0 saturated heterocycles. The van der Waals surface area contributed by atoms with Gasteiger partial charge in [0.05, 0.1) is 0 Å². The molecule has 5 heteroatoms. The van der Waals surface area contributed by atoms with Crippen molar-refractivity contribution in [3.05, 3.63) is 36.5 Å². The second-order valence-corrected chi connectivity index (χ2v) is 9.51. The fraction of sp³-hybridized carbons (Fsp3) is 0.565. The van der Waals surface area contributed by atoms with E-state index in [-0.39, 0.29) is 17.2 Å². The van der Waals surface area contributed by atoms with Crippen LogP contribution in [0.2, 0.25) is 0 Å². The predicted molar refractivity (Wildman–Crippen MR) is 108 cm³/mol. The van der Waals surface area contributed by atoms with E-state index in [4.69, 9.17) is 0 Å². The summed E-state index contributed by atoms with van der Waals surface area (Å²) >= 11 is 0. The molecule has 2 amide bonds. The molecule has 28 heavy (non-hydrogen) atoms. The molecule has 2 aromatic rings. The number of amides is 2. The first-order valence-electron chi connectivity index (χ1n) is 10.7. The van der Waals surface area contributed by atoms with Gasteiger partial charge in [-0.25, -0.2) is 0 Å². The number of hydrogen-bond acceptors (Lipinski definition) is 2. The zero-order chi connectivity index (χ0) is 19.1. The molecule has 4 aliphatic carbocycles. The number of rotatable bonds is 5. The Morgan fingerprint density at radius 1 is 0.929 bits per heavy atom. The highest BCUT2D eigenvalue weighted by Crippen LogP contribution is 2.61. The normalized spacial score (nSPS) is 30.5. The van der Waals surface area contributed by atoms with E-state index < -0.39 is 0 Å². The molecular formula is C23H29N3O2. The maximum absolute atomic E-state index is 12.5. The highest BCUT2D eigenvalue weighted by atomic mass is 16.2. The van der Waals surface area contributed by atoms with Crippen LogP contribution in [0.3, 0.4) is 0 Å². The van der Waals surface area contributed by atoms with Crippen molar-refractivity contribution in [3.8, 4) is 0 Å². The van der Waals surface area contributed by atoms with Crippen LogP contribution in [0.4, 0.5) is 0 Å². The van der Waals surface area contributed by atoms with E-state index in [9.17, 15) is 9.59 Å². The van der Waals surface area contributed by atoms with Gasteiger partial charge in [0.15, 0.2) is 0 Å². The lowest BCUT2D eigenvalue weighted by atomic mass is 9.49. The van der Waals surface area contributed by atoms with Crippen LogP contribution in [-0.4, -0.2) is 16.4 Å². The molecule has 0 unspecified atom stereocenters. The number of carbonyl (C=O) groups is 2. The minimum absolute atomic E-state index is 0.0262. The lowest BCUT2D eigenvalue weighted by molar-refractivity contribution is -0.134. The third kappa shape index (κ3) is 3.43. The molecule has 6 rings (SSSR count). The summed E-state index contributed by atoms with van der Waals surface area (Å²) in [6.45, 7) is 0.601. The van der Waals surface area contributed by atoms with Crippen molar-refractivity contribution in [2.75, 3.05) is 0 Å². The van der Waals surface area contributed by atoms with Crippen LogP contribution in [0, 0.1) is 23.2 Å². The molecule has 0 atom stereocenters. The average Bonchev–Trinajstić information content (AvgIpc) is 3.06. The van der Waals surface area contributed by atoms with Crippen LogP contribution in [-0.2, 0) is 16.1 Å². The van der Waals surface area contributed by atoms with Gasteiger partial charge in [0.25, 0.3) is 0 Å². The second-order valence-electron chi connectivity index (χ2n) is 9.51. The van der Waals surface area contributed by atoms with Crippen LogP contribution in [0.5, 0.6) is 0 Å². The minimum Gasteiger partial charge on any atom is -0.347 e. The van der Waals surface area contributed by atoms with Crippen molar-refractivity contribution in [3.63, 3.8) is 0 Å². The Bertz CT molecular complexity index is 865. The number of carbonyl (C=O) groups excluding carboxylic acids is 2. The maximum atomic E-state index is 12.5. The molecule has 1 aromatic heterocycles. The number of nitrogens with zero attached hydrogens (tertiary/aromatic N) is 1. The smallest absolute Gasteiger partial charge is 0.240 e. The van der Waals surface area contributed by atoms with Crippen LogP contribution in [0.1, 0.15) is 51.4 Å². The van der Waals surface area contributed by atoms with E-state index >= 15 is 0 Å². The number of hydrazine groups is 1. The lowest BCUT2D eigenvalue weighted by Crippen LogP contribution is -2.50. The van der Waals surface area contributed by atoms with E-state index in [1.807, 2.05) is 18.3 Å². The van der Waals surface area contributed by atoms with Crippen LogP contribution in [0.15, 0.2) is 36.5 Å². The van der Waals surface area contributed by atoms with Gasteiger partial charge in [-0.3, -0.25) is 20.4 Å². The molecule has 1 heterocycles. The van der Waals surface area contributed by atoms with Gasteiger partial charge in [0, 0.05) is 31.1 Å². The van der Waals surface area contributed by atoms with Crippen molar-refractivity contribution in [2.24, 2.45) is 23.2 Å². The fourth-order valence-electron chi connectivity index (χ4n) is 6.65. The molecular weight excluding hydrogens is 350 g/mol. The highest BCUT2D eigenvalue weighted by Gasteiger charge is 2.51. The summed E-state index contributed by atoms with van der Waals surface area (Å²) < 4.78 is 2.08. The predicted octanol–water partition coefficient (Wildman–Crippen LogP) is 3.79. The molecule has 4 aliphatic rings. The number of aromatic nitrogens is 1. The van der Waals surface area contributed by atoms with Crippen molar-refractivity contribution in [1.29, 1.82) is 0 Å². The van der Waals surface area contributed by atoms with E-state index in [1.54, 1.807) is 0 Å². The van der Waals surface area contributed by atoms with Crippen LogP contribution >= 0.6 is 0 Å². The van der Waals surface area contributed by atoms with Crippen molar-refractivity contribution in [2.45, 2.75) is 57.9 Å². The number of nitrogens with one attached hydrogen (secondary N) is 2. The first-order valence-corrected chi connectivity index (χ1v) is 10.7. The van der Waals surface area contributed by atoms with Gasteiger partial charge >= 0.3 is 0 Å². The molecule has 148 valence electrons. The average molecular weight is 380 g/mol. The van der Waals surface area contributed by atoms with Gasteiger partial charge in [-0.15, -0.1) is 0 Å². The van der Waals surface area contributed by atoms with Crippen molar-refractivity contribution < 1.29 is 9.59 Å². The summed E-state index contributed by atoms with van der Waals surface area (Å²) in [4.78, 5) is 24.7. The topological polar surface area (TPSA) is 63.1 Å². The molecule has 4 saturated carbocycles. The van der Waals surface area contributed by atoms with Gasteiger partial charge in [0.2, 0.25) is 11.8 Å². The molecule has 1 aromatic carbocycles. The third-order valence-corrected chi connectivity index (χ3v) is 7.30. The largest absolute Gasteiger partial charge is 0.347 e. The summed E-state index contributed by atoms with van der Waals surface area (Å²) in [5.41, 5.74) is 6.63. The zero-order valence-electron chi connectivity index (χ0n) is 16.3. The summed E-state index contributed by atoms with van der Waals surface area (Å²) in [6, 6.07) is 10.2. The van der Waals surface area contributed by atoms with Gasteiger partial charge in [-0.05, 0) is 79.2 Å². The lowest BCUT2D eigenvalue weighted by Gasteiger charge is -2.56. The summed E-state index contributed by atoms with van der Waals surface area (Å²) in [5, 5.41) is 1.17. The van der Waals surface area contributed by atoms with Crippen LogP contribution in [0.25, 0.3) is 10.9 Å². The molecule has 0 aliphatic heterocycles. The Morgan fingerprint density at radius 2 is 1.57 bits per heavy atom. The number of aryl methyl sites for hydroxylation is 1. The number of benzene rings is 1.